The molecule has 2 aliphatic rings. The zero-order chi connectivity index (χ0) is 20.8. The van der Waals surface area contributed by atoms with Crippen molar-refractivity contribution in [2.45, 2.75) is 58.5 Å². The molecule has 2 atom stereocenters. The first-order chi connectivity index (χ1) is 13.7. The Labute approximate surface area is 172 Å². The van der Waals surface area contributed by atoms with Crippen LogP contribution in [0.15, 0.2) is 24.5 Å². The third-order valence-electron chi connectivity index (χ3n) is 6.06. The van der Waals surface area contributed by atoms with Crippen LogP contribution in [0.2, 0.25) is 0 Å². The Bertz CT molecular complexity index is 915. The fourth-order valence-electron chi connectivity index (χ4n) is 4.34. The van der Waals surface area contributed by atoms with E-state index in [0.717, 1.165) is 41.2 Å². The summed E-state index contributed by atoms with van der Waals surface area (Å²) in [6, 6.07) is 4.29. The van der Waals surface area contributed by atoms with Gasteiger partial charge in [0.05, 0.1) is 11.3 Å². The number of aromatic nitrogens is 2. The van der Waals surface area contributed by atoms with Crippen LogP contribution in [0.1, 0.15) is 54.9 Å². The van der Waals surface area contributed by atoms with E-state index >= 15 is 0 Å². The van der Waals surface area contributed by atoms with Crippen LogP contribution >= 0.6 is 0 Å². The maximum Gasteiger partial charge on any atom is 0.255 e. The Balaban J connectivity index is 1.79. The normalized spacial score (nSPS) is 22.6. The number of hydrogen-bond acceptors (Lipinski definition) is 5. The molecule has 0 bridgehead atoms. The highest BCUT2D eigenvalue weighted by Crippen LogP contribution is 2.38. The molecule has 154 valence electrons. The molecule has 6 heteroatoms. The highest BCUT2D eigenvalue weighted by molar-refractivity contribution is 6.03. The molecule has 2 fully saturated rings. The Hall–Kier alpha value is -2.47. The summed E-state index contributed by atoms with van der Waals surface area (Å²) in [7, 11) is 0. The van der Waals surface area contributed by atoms with E-state index in [-0.39, 0.29) is 17.5 Å². The van der Waals surface area contributed by atoms with Gasteiger partial charge in [0.1, 0.15) is 0 Å². The van der Waals surface area contributed by atoms with Gasteiger partial charge in [-0.15, -0.1) is 0 Å². The Morgan fingerprint density at radius 1 is 1.28 bits per heavy atom. The number of nitrogens with one attached hydrogen (secondary N) is 1. The smallest absolute Gasteiger partial charge is 0.255 e. The van der Waals surface area contributed by atoms with Gasteiger partial charge >= 0.3 is 0 Å². The molecule has 0 unspecified atom stereocenters. The van der Waals surface area contributed by atoms with E-state index in [9.17, 15) is 4.79 Å². The van der Waals surface area contributed by atoms with Crippen molar-refractivity contribution >= 4 is 11.6 Å². The van der Waals surface area contributed by atoms with Crippen molar-refractivity contribution in [1.29, 1.82) is 0 Å². The van der Waals surface area contributed by atoms with Gasteiger partial charge in [0, 0.05) is 54.0 Å². The Morgan fingerprint density at radius 3 is 2.55 bits per heavy atom. The molecular weight excluding hydrogens is 362 g/mol. The molecule has 0 aromatic carbocycles. The fraction of sp³-hybridized carbons (Fsp3) is 0.522. The zero-order valence-corrected chi connectivity index (χ0v) is 17.8. The molecule has 29 heavy (non-hydrogen) atoms. The van der Waals surface area contributed by atoms with E-state index in [1.54, 1.807) is 6.20 Å². The van der Waals surface area contributed by atoms with Crippen LogP contribution in [-0.4, -0.2) is 40.5 Å². The number of nitrogens with zero attached hydrogens (tertiary/aromatic N) is 3. The van der Waals surface area contributed by atoms with Crippen LogP contribution in [0.25, 0.3) is 11.1 Å². The predicted molar refractivity (Wildman–Crippen MR) is 116 cm³/mol. The van der Waals surface area contributed by atoms with Crippen molar-refractivity contribution in [3.8, 4) is 11.1 Å². The number of pyridine rings is 2. The summed E-state index contributed by atoms with van der Waals surface area (Å²) in [4.78, 5) is 24.4. The minimum absolute atomic E-state index is 0.0538. The molecule has 0 radical (unpaired) electrons. The molecule has 4 rings (SSSR count). The third kappa shape index (κ3) is 4.27. The number of anilines is 1. The number of hydrogen-bond donors (Lipinski definition) is 2. The summed E-state index contributed by atoms with van der Waals surface area (Å²) in [5.41, 5.74) is 11.6. The molecule has 2 aromatic heterocycles. The van der Waals surface area contributed by atoms with Crippen LogP contribution in [0.3, 0.4) is 0 Å². The Kier molecular flexibility index (Phi) is 5.07. The average molecular weight is 394 g/mol. The van der Waals surface area contributed by atoms with Crippen molar-refractivity contribution in [1.82, 2.24) is 15.3 Å². The quantitative estimate of drug-likeness (QED) is 0.815. The first-order valence-electron chi connectivity index (χ1n) is 10.5. The van der Waals surface area contributed by atoms with E-state index in [2.05, 4.69) is 46.2 Å². The van der Waals surface area contributed by atoms with Crippen molar-refractivity contribution in [2.75, 3.05) is 18.0 Å². The SMILES string of the molecule is Cc1cc(-c2cncc(C(=O)N[C@@H](C)C3CC3)c2N2CC[C@](C)(N)C2)cc(C)n1. The first kappa shape index (κ1) is 19.8. The highest BCUT2D eigenvalue weighted by Gasteiger charge is 2.35. The molecule has 0 spiro atoms. The number of carbonyl (C=O) groups is 1. The lowest BCUT2D eigenvalue weighted by Crippen LogP contribution is -2.40. The van der Waals surface area contributed by atoms with Gasteiger partial charge in [-0.2, -0.15) is 0 Å². The van der Waals surface area contributed by atoms with E-state index < -0.39 is 0 Å². The van der Waals surface area contributed by atoms with Crippen molar-refractivity contribution in [3.63, 3.8) is 0 Å². The first-order valence-corrected chi connectivity index (χ1v) is 10.5. The van der Waals surface area contributed by atoms with E-state index in [1.165, 1.54) is 12.8 Å². The van der Waals surface area contributed by atoms with Gasteiger partial charge < -0.3 is 16.0 Å². The lowest BCUT2D eigenvalue weighted by molar-refractivity contribution is 0.0936. The Morgan fingerprint density at radius 2 is 1.97 bits per heavy atom. The summed E-state index contributed by atoms with van der Waals surface area (Å²) in [6.07, 6.45) is 6.83. The van der Waals surface area contributed by atoms with Gasteiger partial charge in [0.2, 0.25) is 0 Å². The molecule has 1 saturated carbocycles. The van der Waals surface area contributed by atoms with Crippen molar-refractivity contribution in [2.24, 2.45) is 11.7 Å². The summed E-state index contributed by atoms with van der Waals surface area (Å²) in [5.74, 6) is 0.546. The van der Waals surface area contributed by atoms with Crippen LogP contribution in [0.5, 0.6) is 0 Å². The zero-order valence-electron chi connectivity index (χ0n) is 17.8. The number of aryl methyl sites for hydroxylation is 2. The van der Waals surface area contributed by atoms with Gasteiger partial charge in [0.25, 0.3) is 5.91 Å². The number of carbonyl (C=O) groups excluding carboxylic acids is 1. The number of amides is 1. The van der Waals surface area contributed by atoms with Gasteiger partial charge in [-0.05, 0) is 70.6 Å². The molecule has 2 aromatic rings. The summed E-state index contributed by atoms with van der Waals surface area (Å²) < 4.78 is 0. The van der Waals surface area contributed by atoms with E-state index in [0.29, 0.717) is 18.0 Å². The van der Waals surface area contributed by atoms with E-state index in [1.807, 2.05) is 20.0 Å². The maximum atomic E-state index is 13.2. The van der Waals surface area contributed by atoms with Crippen LogP contribution < -0.4 is 16.0 Å². The lowest BCUT2D eigenvalue weighted by Gasteiger charge is -2.27. The number of nitrogens with two attached hydrogens (primary N) is 1. The van der Waals surface area contributed by atoms with E-state index in [4.69, 9.17) is 5.73 Å². The summed E-state index contributed by atoms with van der Waals surface area (Å²) in [5, 5.41) is 3.19. The molecule has 1 saturated heterocycles. The van der Waals surface area contributed by atoms with Gasteiger partial charge in [-0.25, -0.2) is 0 Å². The third-order valence-corrected chi connectivity index (χ3v) is 6.06. The monoisotopic (exact) mass is 393 g/mol. The second-order valence-corrected chi connectivity index (χ2v) is 9.15. The summed E-state index contributed by atoms with van der Waals surface area (Å²) >= 11 is 0. The number of rotatable bonds is 5. The maximum absolute atomic E-state index is 13.2. The minimum Gasteiger partial charge on any atom is -0.368 e. The molecule has 1 aliphatic carbocycles. The van der Waals surface area contributed by atoms with Crippen LogP contribution in [-0.2, 0) is 0 Å². The molecule has 1 aliphatic heterocycles. The molecule has 6 nitrogen and oxygen atoms in total. The van der Waals surface area contributed by atoms with Crippen LogP contribution in [0, 0.1) is 19.8 Å². The largest absolute Gasteiger partial charge is 0.368 e. The lowest BCUT2D eigenvalue weighted by atomic mass is 10.00. The van der Waals surface area contributed by atoms with Gasteiger partial charge in [-0.1, -0.05) is 0 Å². The summed E-state index contributed by atoms with van der Waals surface area (Å²) in [6.45, 7) is 9.68. The van der Waals surface area contributed by atoms with Crippen LogP contribution in [0.4, 0.5) is 5.69 Å². The van der Waals surface area contributed by atoms with Crippen molar-refractivity contribution in [3.05, 3.63) is 41.5 Å². The fourth-order valence-corrected chi connectivity index (χ4v) is 4.34. The average Bonchev–Trinajstić information content (AvgIpc) is 3.43. The van der Waals surface area contributed by atoms with Gasteiger partial charge in [0.15, 0.2) is 0 Å². The molecule has 3 heterocycles. The topological polar surface area (TPSA) is 84.1 Å². The molecular formula is C23H31N5O. The predicted octanol–water partition coefficient (Wildman–Crippen LogP) is 3.22. The second kappa shape index (κ2) is 7.41. The van der Waals surface area contributed by atoms with Crippen molar-refractivity contribution < 1.29 is 4.79 Å². The molecule has 1 amide bonds. The van der Waals surface area contributed by atoms with Gasteiger partial charge in [-0.3, -0.25) is 14.8 Å². The molecule has 3 N–H and O–H groups in total. The minimum atomic E-state index is -0.264. The highest BCUT2D eigenvalue weighted by atomic mass is 16.1. The standard InChI is InChI=1S/C23H31N5O/c1-14-9-18(10-15(2)26-14)19-11-25-12-20(22(29)27-16(3)17-5-6-17)21(19)28-8-7-23(4,24)13-28/h9-12,16-17H,5-8,13,24H2,1-4H3,(H,27,29)/t16-,23-/m0/s1. The second-order valence-electron chi connectivity index (χ2n) is 9.15.